The number of ether oxygens (including phenoxy) is 1. The second-order valence-corrected chi connectivity index (χ2v) is 7.64. The summed E-state index contributed by atoms with van der Waals surface area (Å²) in [4.78, 5) is 29.9. The summed E-state index contributed by atoms with van der Waals surface area (Å²) < 4.78 is 5.29. The first-order chi connectivity index (χ1) is 13.6. The average molecular weight is 378 g/mol. The smallest absolute Gasteiger partial charge is 0.228 e. The molecule has 2 fully saturated rings. The van der Waals surface area contributed by atoms with Crippen LogP contribution in [0.15, 0.2) is 48.5 Å². The molecule has 146 valence electrons. The number of piperidine rings is 1. The number of nitrogens with zero attached hydrogens (tertiary/aromatic N) is 2. The first kappa shape index (κ1) is 18.5. The predicted molar refractivity (Wildman–Crippen MR) is 108 cm³/mol. The van der Waals surface area contributed by atoms with Crippen molar-refractivity contribution in [1.82, 2.24) is 4.90 Å². The summed E-state index contributed by atoms with van der Waals surface area (Å²) in [5, 5.41) is 0. The van der Waals surface area contributed by atoms with E-state index < -0.39 is 0 Å². The van der Waals surface area contributed by atoms with E-state index in [9.17, 15) is 9.59 Å². The van der Waals surface area contributed by atoms with Gasteiger partial charge < -0.3 is 14.5 Å². The normalized spacial score (nSPS) is 22.0. The van der Waals surface area contributed by atoms with Gasteiger partial charge in [0.15, 0.2) is 0 Å². The number of rotatable bonds is 4. The van der Waals surface area contributed by atoms with Crippen LogP contribution in [-0.4, -0.2) is 36.9 Å². The van der Waals surface area contributed by atoms with Crippen LogP contribution < -0.4 is 9.64 Å². The Balaban J connectivity index is 1.76. The Kier molecular flexibility index (Phi) is 5.07. The Hall–Kier alpha value is -2.82. The van der Waals surface area contributed by atoms with E-state index in [0.717, 1.165) is 42.1 Å². The molecule has 2 atom stereocenters. The summed E-state index contributed by atoms with van der Waals surface area (Å²) in [7, 11) is 1.63. The lowest BCUT2D eigenvalue weighted by molar-refractivity contribution is -0.141. The number of anilines is 1. The van der Waals surface area contributed by atoms with Crippen LogP contribution in [0.2, 0.25) is 0 Å². The maximum atomic E-state index is 13.2. The predicted octanol–water partition coefficient (Wildman–Crippen LogP) is 3.72. The van der Waals surface area contributed by atoms with E-state index >= 15 is 0 Å². The highest BCUT2D eigenvalue weighted by Crippen LogP contribution is 2.41. The number of methoxy groups -OCH3 is 1. The summed E-state index contributed by atoms with van der Waals surface area (Å²) in [5.74, 6) is 0.764. The average Bonchev–Trinajstić information content (AvgIpc) is 2.67. The molecule has 0 N–H and O–H groups in total. The molecular weight excluding hydrogens is 352 g/mol. The zero-order valence-electron chi connectivity index (χ0n) is 16.4. The molecule has 2 amide bonds. The van der Waals surface area contributed by atoms with Crippen molar-refractivity contribution in [3.63, 3.8) is 0 Å². The minimum absolute atomic E-state index is 0.0670. The molecular formula is C23H26N2O3. The Morgan fingerprint density at radius 3 is 2.29 bits per heavy atom. The van der Waals surface area contributed by atoms with Crippen molar-refractivity contribution in [2.24, 2.45) is 5.92 Å². The monoisotopic (exact) mass is 378 g/mol. The van der Waals surface area contributed by atoms with Gasteiger partial charge in [0.05, 0.1) is 19.1 Å². The quantitative estimate of drug-likeness (QED) is 0.815. The van der Waals surface area contributed by atoms with Crippen LogP contribution in [0.3, 0.4) is 0 Å². The fourth-order valence-electron chi connectivity index (χ4n) is 4.11. The van der Waals surface area contributed by atoms with Gasteiger partial charge in [-0.25, -0.2) is 0 Å². The zero-order chi connectivity index (χ0) is 19.7. The van der Waals surface area contributed by atoms with Gasteiger partial charge in [0.2, 0.25) is 11.8 Å². The highest BCUT2D eigenvalue weighted by atomic mass is 16.5. The molecule has 2 aromatic rings. The van der Waals surface area contributed by atoms with Gasteiger partial charge in [0, 0.05) is 25.2 Å². The van der Waals surface area contributed by atoms with Crippen LogP contribution in [-0.2, 0) is 9.59 Å². The summed E-state index contributed by atoms with van der Waals surface area (Å²) in [6.45, 7) is 3.67. The van der Waals surface area contributed by atoms with Crippen LogP contribution >= 0.6 is 0 Å². The second kappa shape index (κ2) is 7.66. The first-order valence-corrected chi connectivity index (χ1v) is 9.90. The second-order valence-electron chi connectivity index (χ2n) is 7.64. The van der Waals surface area contributed by atoms with Crippen molar-refractivity contribution in [3.8, 4) is 5.75 Å². The van der Waals surface area contributed by atoms with Crippen LogP contribution in [0.1, 0.15) is 36.4 Å². The molecule has 0 radical (unpaired) electrons. The van der Waals surface area contributed by atoms with Gasteiger partial charge >= 0.3 is 0 Å². The van der Waals surface area contributed by atoms with Gasteiger partial charge in [-0.1, -0.05) is 29.8 Å². The third-order valence-corrected chi connectivity index (χ3v) is 5.85. The third kappa shape index (κ3) is 3.37. The largest absolute Gasteiger partial charge is 0.497 e. The lowest BCUT2D eigenvalue weighted by atomic mass is 9.82. The molecule has 5 heteroatoms. The van der Waals surface area contributed by atoms with E-state index in [1.807, 2.05) is 65.3 Å². The maximum absolute atomic E-state index is 13.2. The summed E-state index contributed by atoms with van der Waals surface area (Å²) in [6.07, 6.45) is 2.05. The Labute approximate surface area is 165 Å². The third-order valence-electron chi connectivity index (χ3n) is 5.85. The summed E-state index contributed by atoms with van der Waals surface area (Å²) in [5.41, 5.74) is 2.95. The molecule has 2 aromatic carbocycles. The molecule has 0 aromatic heterocycles. The maximum Gasteiger partial charge on any atom is 0.228 e. The molecule has 0 saturated carbocycles. The minimum Gasteiger partial charge on any atom is -0.497 e. The molecule has 2 aliphatic rings. The van der Waals surface area contributed by atoms with Gasteiger partial charge in [0.25, 0.3) is 0 Å². The number of hydrogen-bond donors (Lipinski definition) is 0. The number of carbonyl (C=O) groups is 2. The number of likely N-dealkylation sites (tertiary alicyclic amines) is 1. The van der Waals surface area contributed by atoms with Crippen molar-refractivity contribution in [3.05, 3.63) is 59.7 Å². The molecule has 4 rings (SSSR count). The van der Waals surface area contributed by atoms with Gasteiger partial charge in [-0.15, -0.1) is 0 Å². The lowest BCUT2D eigenvalue weighted by Crippen LogP contribution is -2.52. The van der Waals surface area contributed by atoms with Crippen LogP contribution in [0.5, 0.6) is 5.75 Å². The summed E-state index contributed by atoms with van der Waals surface area (Å²) in [6, 6.07) is 15.4. The number of amides is 2. The number of benzene rings is 2. The van der Waals surface area contributed by atoms with E-state index in [4.69, 9.17) is 4.74 Å². The first-order valence-electron chi connectivity index (χ1n) is 9.90. The van der Waals surface area contributed by atoms with Gasteiger partial charge in [-0.3, -0.25) is 9.59 Å². The van der Waals surface area contributed by atoms with Crippen molar-refractivity contribution in [1.29, 1.82) is 0 Å². The molecule has 28 heavy (non-hydrogen) atoms. The van der Waals surface area contributed by atoms with Gasteiger partial charge in [-0.05, 0) is 49.6 Å². The molecule has 2 unspecified atom stereocenters. The topological polar surface area (TPSA) is 49.9 Å². The number of carbonyl (C=O) groups excluding carboxylic acids is 2. The fraction of sp³-hybridized carbons (Fsp3) is 0.391. The van der Waals surface area contributed by atoms with E-state index in [2.05, 4.69) is 0 Å². The molecule has 2 saturated heterocycles. The molecule has 5 nitrogen and oxygen atoms in total. The van der Waals surface area contributed by atoms with Crippen molar-refractivity contribution in [2.45, 2.75) is 32.2 Å². The highest BCUT2D eigenvalue weighted by Gasteiger charge is 2.43. The van der Waals surface area contributed by atoms with E-state index in [0.29, 0.717) is 12.8 Å². The van der Waals surface area contributed by atoms with Gasteiger partial charge in [0.1, 0.15) is 5.75 Å². The molecule has 0 bridgehead atoms. The van der Waals surface area contributed by atoms with Crippen LogP contribution in [0.25, 0.3) is 0 Å². The number of aryl methyl sites for hydroxylation is 1. The molecule has 2 aliphatic heterocycles. The van der Waals surface area contributed by atoms with Gasteiger partial charge in [-0.2, -0.15) is 0 Å². The highest BCUT2D eigenvalue weighted by molar-refractivity contribution is 5.97. The minimum atomic E-state index is -0.303. The summed E-state index contributed by atoms with van der Waals surface area (Å²) >= 11 is 0. The fourth-order valence-corrected chi connectivity index (χ4v) is 4.11. The lowest BCUT2D eigenvalue weighted by Gasteiger charge is -2.44. The Bertz CT molecular complexity index is 856. The molecule has 0 aliphatic carbocycles. The molecule has 0 spiro atoms. The van der Waals surface area contributed by atoms with Crippen molar-refractivity contribution < 1.29 is 14.3 Å². The van der Waals surface area contributed by atoms with E-state index in [1.54, 1.807) is 7.11 Å². The standard InChI is InChI=1S/C23H26N2O3/c1-16-4-8-18(9-5-16)25-21(26)13-12-20(23(27)24-14-3-15-24)22(25)17-6-10-19(28-2)11-7-17/h4-11,20,22H,3,12-15H2,1-2H3. The Morgan fingerprint density at radius 2 is 1.71 bits per heavy atom. The van der Waals surface area contributed by atoms with Crippen LogP contribution in [0.4, 0.5) is 5.69 Å². The van der Waals surface area contributed by atoms with Crippen molar-refractivity contribution in [2.75, 3.05) is 25.1 Å². The van der Waals surface area contributed by atoms with E-state index in [1.165, 1.54) is 0 Å². The van der Waals surface area contributed by atoms with Crippen molar-refractivity contribution >= 4 is 17.5 Å². The molecule has 2 heterocycles. The zero-order valence-corrected chi connectivity index (χ0v) is 16.4. The SMILES string of the molecule is COc1ccc(C2C(C(=O)N3CCC3)CCC(=O)N2c2ccc(C)cc2)cc1. The Morgan fingerprint density at radius 1 is 1.04 bits per heavy atom. The van der Waals surface area contributed by atoms with E-state index in [-0.39, 0.29) is 23.8 Å². The number of hydrogen-bond acceptors (Lipinski definition) is 3. The van der Waals surface area contributed by atoms with Crippen LogP contribution in [0, 0.1) is 12.8 Å².